The van der Waals surface area contributed by atoms with Crippen LogP contribution in [-0.2, 0) is 6.61 Å². The molecule has 2 aromatic heterocycles. The molecule has 4 N–H and O–H groups in total. The zero-order valence-electron chi connectivity index (χ0n) is 14.2. The van der Waals surface area contributed by atoms with Gasteiger partial charge in [0.1, 0.15) is 0 Å². The standard InChI is InChI=1S/C17H18N4O3S2/c1-23-14-7-10(8-15(20-14)24-2)16-13(9-22)25-17(21-16)19-11-3-5-12(26-18)6-4-11/h3-8,22H,9,18H2,1-2H3,(H,19,21). The molecule has 3 rings (SSSR count). The normalized spacial score (nSPS) is 10.6. The Labute approximate surface area is 159 Å². The highest BCUT2D eigenvalue weighted by Crippen LogP contribution is 2.35. The number of aliphatic hydroxyl groups excluding tert-OH is 1. The summed E-state index contributed by atoms with van der Waals surface area (Å²) in [7, 11) is 3.08. The summed E-state index contributed by atoms with van der Waals surface area (Å²) in [5.41, 5.74) is 2.31. The smallest absolute Gasteiger partial charge is 0.216 e. The summed E-state index contributed by atoms with van der Waals surface area (Å²) in [6.07, 6.45) is 0. The van der Waals surface area contributed by atoms with Crippen LogP contribution in [0.15, 0.2) is 41.3 Å². The fourth-order valence-corrected chi connectivity index (χ4v) is 3.46. The Hall–Kier alpha value is -2.33. The first kappa shape index (κ1) is 18.5. The molecule has 26 heavy (non-hydrogen) atoms. The van der Waals surface area contributed by atoms with Crippen molar-refractivity contribution < 1.29 is 14.6 Å². The first-order valence-electron chi connectivity index (χ1n) is 7.61. The van der Waals surface area contributed by atoms with Gasteiger partial charge in [0.15, 0.2) is 5.13 Å². The largest absolute Gasteiger partial charge is 0.481 e. The van der Waals surface area contributed by atoms with Gasteiger partial charge in [0.2, 0.25) is 11.8 Å². The minimum absolute atomic E-state index is 0.121. The topological polar surface area (TPSA) is 103 Å². The average Bonchev–Trinajstić information content (AvgIpc) is 3.11. The Balaban J connectivity index is 1.93. The maximum Gasteiger partial charge on any atom is 0.216 e. The lowest BCUT2D eigenvalue weighted by atomic mass is 10.2. The number of anilines is 2. The van der Waals surface area contributed by atoms with E-state index in [9.17, 15) is 5.11 Å². The third kappa shape index (κ3) is 4.07. The van der Waals surface area contributed by atoms with Gasteiger partial charge in [-0.05, 0) is 36.2 Å². The number of aliphatic hydroxyl groups is 1. The van der Waals surface area contributed by atoms with Gasteiger partial charge >= 0.3 is 0 Å². The number of methoxy groups -OCH3 is 2. The number of aromatic nitrogens is 2. The van der Waals surface area contributed by atoms with E-state index in [1.165, 1.54) is 37.5 Å². The van der Waals surface area contributed by atoms with Gasteiger partial charge < -0.3 is 19.9 Å². The Morgan fingerprint density at radius 3 is 2.31 bits per heavy atom. The Morgan fingerprint density at radius 1 is 1.12 bits per heavy atom. The van der Waals surface area contributed by atoms with Crippen LogP contribution in [-0.4, -0.2) is 29.3 Å². The van der Waals surface area contributed by atoms with E-state index in [0.29, 0.717) is 22.6 Å². The molecule has 9 heteroatoms. The molecular weight excluding hydrogens is 372 g/mol. The highest BCUT2D eigenvalue weighted by molar-refractivity contribution is 7.97. The lowest BCUT2D eigenvalue weighted by molar-refractivity contribution is 0.286. The van der Waals surface area contributed by atoms with Gasteiger partial charge in [-0.2, -0.15) is 4.98 Å². The van der Waals surface area contributed by atoms with E-state index in [1.54, 1.807) is 12.1 Å². The number of pyridine rings is 1. The Morgan fingerprint density at radius 2 is 1.77 bits per heavy atom. The number of rotatable bonds is 7. The van der Waals surface area contributed by atoms with Crippen LogP contribution in [0, 0.1) is 0 Å². The van der Waals surface area contributed by atoms with Gasteiger partial charge in [-0.1, -0.05) is 11.3 Å². The molecule has 0 amide bonds. The van der Waals surface area contributed by atoms with Crippen LogP contribution in [0.2, 0.25) is 0 Å². The van der Waals surface area contributed by atoms with Crippen molar-refractivity contribution in [2.45, 2.75) is 11.5 Å². The third-order valence-electron chi connectivity index (χ3n) is 3.55. The second-order valence-electron chi connectivity index (χ2n) is 5.16. The van der Waals surface area contributed by atoms with Crippen LogP contribution < -0.4 is 19.9 Å². The molecule has 0 spiro atoms. The van der Waals surface area contributed by atoms with Crippen LogP contribution in [0.1, 0.15) is 4.88 Å². The number of hydrogen-bond acceptors (Lipinski definition) is 9. The number of benzene rings is 1. The summed E-state index contributed by atoms with van der Waals surface area (Å²) in [6, 6.07) is 11.2. The molecular formula is C17H18N4O3S2. The number of hydrogen-bond donors (Lipinski definition) is 3. The molecule has 136 valence electrons. The maximum atomic E-state index is 9.73. The second kappa shape index (κ2) is 8.37. The minimum atomic E-state index is -0.121. The van der Waals surface area contributed by atoms with E-state index in [2.05, 4.69) is 15.3 Å². The summed E-state index contributed by atoms with van der Waals surface area (Å²) < 4.78 is 10.4. The first-order chi connectivity index (χ1) is 12.7. The van der Waals surface area contributed by atoms with Crippen LogP contribution in [0.4, 0.5) is 10.8 Å². The molecule has 0 saturated carbocycles. The number of nitrogens with two attached hydrogens (primary N) is 1. The van der Waals surface area contributed by atoms with Gasteiger partial charge in [-0.25, -0.2) is 4.98 Å². The maximum absolute atomic E-state index is 9.73. The van der Waals surface area contributed by atoms with Crippen molar-refractivity contribution in [1.82, 2.24) is 9.97 Å². The highest BCUT2D eigenvalue weighted by atomic mass is 32.2. The molecule has 1 aromatic carbocycles. The molecule has 2 heterocycles. The summed E-state index contributed by atoms with van der Waals surface area (Å²) in [5.74, 6) is 0.834. The predicted molar refractivity (Wildman–Crippen MR) is 104 cm³/mol. The van der Waals surface area contributed by atoms with Crippen molar-refractivity contribution in [1.29, 1.82) is 0 Å². The van der Waals surface area contributed by atoms with Crippen LogP contribution in [0.5, 0.6) is 11.8 Å². The van der Waals surface area contributed by atoms with Crippen molar-refractivity contribution in [3.63, 3.8) is 0 Å². The van der Waals surface area contributed by atoms with Gasteiger partial charge in [-0.15, -0.1) is 0 Å². The summed E-state index contributed by atoms with van der Waals surface area (Å²) in [6.45, 7) is -0.121. The van der Waals surface area contributed by atoms with Crippen molar-refractivity contribution in [2.75, 3.05) is 19.5 Å². The monoisotopic (exact) mass is 390 g/mol. The van der Waals surface area contributed by atoms with E-state index in [0.717, 1.165) is 21.0 Å². The van der Waals surface area contributed by atoms with Crippen molar-refractivity contribution in [3.8, 4) is 23.0 Å². The van der Waals surface area contributed by atoms with E-state index in [-0.39, 0.29) is 6.61 Å². The SMILES string of the molecule is COc1cc(-c2nc(Nc3ccc(SN)cc3)sc2CO)cc(OC)n1. The summed E-state index contributed by atoms with van der Waals surface area (Å²) in [5, 5.41) is 19.2. The number of nitrogens with one attached hydrogen (secondary N) is 1. The Kier molecular flexibility index (Phi) is 5.94. The van der Waals surface area contributed by atoms with Crippen LogP contribution in [0.3, 0.4) is 0 Å². The number of ether oxygens (including phenoxy) is 2. The zero-order valence-corrected chi connectivity index (χ0v) is 15.9. The van der Waals surface area contributed by atoms with E-state index in [1.807, 2.05) is 24.3 Å². The predicted octanol–water partition coefficient (Wildman–Crippen LogP) is 3.42. The molecule has 0 bridgehead atoms. The van der Waals surface area contributed by atoms with Crippen LogP contribution in [0.25, 0.3) is 11.3 Å². The van der Waals surface area contributed by atoms with E-state index >= 15 is 0 Å². The van der Waals surface area contributed by atoms with E-state index in [4.69, 9.17) is 14.6 Å². The molecule has 0 saturated heterocycles. The van der Waals surface area contributed by atoms with Crippen molar-refractivity contribution >= 4 is 34.1 Å². The van der Waals surface area contributed by atoms with E-state index < -0.39 is 0 Å². The van der Waals surface area contributed by atoms with Gasteiger partial charge in [0.25, 0.3) is 0 Å². The molecule has 0 aliphatic carbocycles. The summed E-state index contributed by atoms with van der Waals surface area (Å²) >= 11 is 2.58. The molecule has 0 aliphatic rings. The summed E-state index contributed by atoms with van der Waals surface area (Å²) in [4.78, 5) is 10.5. The number of nitrogens with zero attached hydrogens (tertiary/aromatic N) is 2. The van der Waals surface area contributed by atoms with Gasteiger partial charge in [-0.3, -0.25) is 5.14 Å². The van der Waals surface area contributed by atoms with Crippen molar-refractivity contribution in [3.05, 3.63) is 41.3 Å². The molecule has 7 nitrogen and oxygen atoms in total. The quantitative estimate of drug-likeness (QED) is 0.527. The average molecular weight is 390 g/mol. The fraction of sp³-hybridized carbons (Fsp3) is 0.176. The minimum Gasteiger partial charge on any atom is -0.481 e. The van der Waals surface area contributed by atoms with Crippen molar-refractivity contribution in [2.24, 2.45) is 5.14 Å². The highest BCUT2D eigenvalue weighted by Gasteiger charge is 2.15. The molecule has 0 radical (unpaired) electrons. The fourth-order valence-electron chi connectivity index (χ4n) is 2.30. The molecule has 0 unspecified atom stereocenters. The first-order valence-corrected chi connectivity index (χ1v) is 9.31. The number of thiazole rings is 1. The molecule has 0 aliphatic heterocycles. The van der Waals surface area contributed by atoms with Crippen LogP contribution >= 0.6 is 23.3 Å². The molecule has 0 fully saturated rings. The van der Waals surface area contributed by atoms with Gasteiger partial charge in [0, 0.05) is 28.3 Å². The molecule has 3 aromatic rings. The lowest BCUT2D eigenvalue weighted by Crippen LogP contribution is -1.95. The van der Waals surface area contributed by atoms with Gasteiger partial charge in [0.05, 0.1) is 31.4 Å². The lowest BCUT2D eigenvalue weighted by Gasteiger charge is -2.06. The zero-order chi connectivity index (χ0) is 18.5. The Bertz CT molecular complexity index is 862. The third-order valence-corrected chi connectivity index (χ3v) is 5.05. The molecule has 0 atom stereocenters. The second-order valence-corrected chi connectivity index (χ2v) is 6.95.